The topological polar surface area (TPSA) is 12.0 Å². The highest BCUT2D eigenvalue weighted by Crippen LogP contribution is 2.23. The van der Waals surface area contributed by atoms with Crippen molar-refractivity contribution in [3.63, 3.8) is 0 Å². The van der Waals surface area contributed by atoms with Crippen LogP contribution >= 0.6 is 11.6 Å². The van der Waals surface area contributed by atoms with Crippen LogP contribution in [-0.2, 0) is 6.54 Å². The minimum absolute atomic E-state index is 0.777. The number of aryl methyl sites for hydroxylation is 3. The summed E-state index contributed by atoms with van der Waals surface area (Å²) >= 11 is 6.19. The molecule has 0 saturated heterocycles. The molecule has 2 aromatic carbocycles. The maximum atomic E-state index is 6.19. The molecule has 0 bridgehead atoms. The summed E-state index contributed by atoms with van der Waals surface area (Å²) in [7, 11) is 0. The largest absolute Gasteiger partial charge is 0.380 e. The molecule has 2 rings (SSSR count). The Labute approximate surface area is 114 Å². The monoisotopic (exact) mass is 259 g/mol. The Kier molecular flexibility index (Phi) is 3.93. The van der Waals surface area contributed by atoms with E-state index in [2.05, 4.69) is 43.4 Å². The van der Waals surface area contributed by atoms with E-state index in [1.54, 1.807) is 0 Å². The summed E-state index contributed by atoms with van der Waals surface area (Å²) < 4.78 is 0. The lowest BCUT2D eigenvalue weighted by molar-refractivity contribution is 1.13. The molecule has 0 fully saturated rings. The van der Waals surface area contributed by atoms with Crippen molar-refractivity contribution in [3.8, 4) is 0 Å². The van der Waals surface area contributed by atoms with Crippen molar-refractivity contribution >= 4 is 17.3 Å². The Balaban J connectivity index is 2.09. The van der Waals surface area contributed by atoms with E-state index in [4.69, 9.17) is 11.6 Å². The summed E-state index contributed by atoms with van der Waals surface area (Å²) in [5.74, 6) is 0. The first-order valence-corrected chi connectivity index (χ1v) is 6.50. The summed E-state index contributed by atoms with van der Waals surface area (Å²) in [6.07, 6.45) is 0. The van der Waals surface area contributed by atoms with Gasteiger partial charge in [-0.25, -0.2) is 0 Å². The molecular formula is C16H18ClN. The van der Waals surface area contributed by atoms with Crippen LogP contribution in [0.25, 0.3) is 0 Å². The number of benzene rings is 2. The fraction of sp³-hybridized carbons (Fsp3) is 0.250. The molecule has 1 N–H and O–H groups in total. The van der Waals surface area contributed by atoms with Crippen molar-refractivity contribution in [3.05, 3.63) is 63.7 Å². The van der Waals surface area contributed by atoms with Gasteiger partial charge in [0.25, 0.3) is 0 Å². The van der Waals surface area contributed by atoms with Gasteiger partial charge in [-0.15, -0.1) is 0 Å². The molecule has 2 heteroatoms. The Morgan fingerprint density at radius 1 is 0.944 bits per heavy atom. The zero-order valence-electron chi connectivity index (χ0n) is 11.0. The molecule has 2 aromatic rings. The van der Waals surface area contributed by atoms with Crippen molar-refractivity contribution in [1.29, 1.82) is 0 Å². The van der Waals surface area contributed by atoms with E-state index < -0.39 is 0 Å². The first-order chi connectivity index (χ1) is 8.56. The van der Waals surface area contributed by atoms with Crippen LogP contribution in [-0.4, -0.2) is 0 Å². The van der Waals surface area contributed by atoms with Gasteiger partial charge in [-0.05, 0) is 55.2 Å². The smallest absolute Gasteiger partial charge is 0.0640 e. The molecule has 94 valence electrons. The first kappa shape index (κ1) is 13.0. The van der Waals surface area contributed by atoms with Gasteiger partial charge < -0.3 is 5.32 Å². The average molecular weight is 260 g/mol. The molecule has 0 aromatic heterocycles. The molecule has 0 aliphatic rings. The lowest BCUT2D eigenvalue weighted by Crippen LogP contribution is -2.00. The predicted octanol–water partition coefficient (Wildman–Crippen LogP) is 4.88. The van der Waals surface area contributed by atoms with Gasteiger partial charge in [0.1, 0.15) is 0 Å². The van der Waals surface area contributed by atoms with Crippen LogP contribution in [0.4, 0.5) is 5.69 Å². The van der Waals surface area contributed by atoms with E-state index in [0.29, 0.717) is 0 Å². The zero-order chi connectivity index (χ0) is 13.1. The molecule has 0 heterocycles. The van der Waals surface area contributed by atoms with Gasteiger partial charge in [0.15, 0.2) is 0 Å². The molecule has 0 aliphatic carbocycles. The highest BCUT2D eigenvalue weighted by atomic mass is 35.5. The van der Waals surface area contributed by atoms with Gasteiger partial charge in [-0.2, -0.15) is 0 Å². The molecule has 0 radical (unpaired) electrons. The quantitative estimate of drug-likeness (QED) is 0.829. The lowest BCUT2D eigenvalue weighted by Gasteiger charge is -2.10. The van der Waals surface area contributed by atoms with Crippen molar-refractivity contribution < 1.29 is 0 Å². The molecule has 0 aliphatic heterocycles. The number of hydrogen-bond donors (Lipinski definition) is 1. The molecule has 0 amide bonds. The van der Waals surface area contributed by atoms with Crippen LogP contribution in [0.2, 0.25) is 5.02 Å². The van der Waals surface area contributed by atoms with E-state index in [1.807, 2.05) is 19.1 Å². The minimum Gasteiger partial charge on any atom is -0.380 e. The van der Waals surface area contributed by atoms with Crippen molar-refractivity contribution in [2.75, 3.05) is 5.32 Å². The van der Waals surface area contributed by atoms with Gasteiger partial charge in [-0.3, -0.25) is 0 Å². The maximum Gasteiger partial charge on any atom is 0.0640 e. The number of halogens is 1. The van der Waals surface area contributed by atoms with Crippen LogP contribution in [0.15, 0.2) is 36.4 Å². The second kappa shape index (κ2) is 5.45. The van der Waals surface area contributed by atoms with Gasteiger partial charge in [-0.1, -0.05) is 35.9 Å². The SMILES string of the molecule is Cc1ccc(NCc2ccc(C)c(C)c2)c(Cl)c1. The normalized spacial score (nSPS) is 10.4. The zero-order valence-corrected chi connectivity index (χ0v) is 11.8. The van der Waals surface area contributed by atoms with Crippen molar-refractivity contribution in [2.45, 2.75) is 27.3 Å². The third-order valence-electron chi connectivity index (χ3n) is 3.18. The average Bonchev–Trinajstić information content (AvgIpc) is 2.32. The summed E-state index contributed by atoms with van der Waals surface area (Å²) in [6, 6.07) is 12.6. The fourth-order valence-corrected chi connectivity index (χ4v) is 2.18. The minimum atomic E-state index is 0.777. The second-order valence-corrected chi connectivity index (χ2v) is 5.16. The number of rotatable bonds is 3. The number of anilines is 1. The molecule has 0 unspecified atom stereocenters. The summed E-state index contributed by atoms with van der Waals surface area (Å²) in [5, 5.41) is 4.15. The summed E-state index contributed by atoms with van der Waals surface area (Å²) in [6.45, 7) is 7.10. The van der Waals surface area contributed by atoms with Crippen molar-refractivity contribution in [2.24, 2.45) is 0 Å². The molecule has 1 nitrogen and oxygen atoms in total. The standard InChI is InChI=1S/C16H18ClN/c1-11-4-7-16(15(17)8-11)18-10-14-6-5-12(2)13(3)9-14/h4-9,18H,10H2,1-3H3. The Hall–Kier alpha value is -1.47. The van der Waals surface area contributed by atoms with E-state index in [-0.39, 0.29) is 0 Å². The number of nitrogens with one attached hydrogen (secondary N) is 1. The molecular weight excluding hydrogens is 242 g/mol. The third-order valence-corrected chi connectivity index (χ3v) is 3.49. The van der Waals surface area contributed by atoms with Crippen LogP contribution < -0.4 is 5.32 Å². The van der Waals surface area contributed by atoms with Gasteiger partial charge >= 0.3 is 0 Å². The van der Waals surface area contributed by atoms with Crippen LogP contribution in [0.1, 0.15) is 22.3 Å². The predicted molar refractivity (Wildman–Crippen MR) is 79.4 cm³/mol. The second-order valence-electron chi connectivity index (χ2n) is 4.76. The summed E-state index contributed by atoms with van der Waals surface area (Å²) in [4.78, 5) is 0. The van der Waals surface area contributed by atoms with E-state index in [1.165, 1.54) is 22.3 Å². The van der Waals surface area contributed by atoms with Gasteiger partial charge in [0.2, 0.25) is 0 Å². The van der Waals surface area contributed by atoms with E-state index in [9.17, 15) is 0 Å². The highest BCUT2D eigenvalue weighted by molar-refractivity contribution is 6.33. The number of hydrogen-bond acceptors (Lipinski definition) is 1. The first-order valence-electron chi connectivity index (χ1n) is 6.12. The van der Waals surface area contributed by atoms with Crippen LogP contribution in [0.5, 0.6) is 0 Å². The van der Waals surface area contributed by atoms with Crippen LogP contribution in [0, 0.1) is 20.8 Å². The van der Waals surface area contributed by atoms with Gasteiger partial charge in [0.05, 0.1) is 10.7 Å². The Bertz CT molecular complexity index is 561. The molecule has 0 atom stereocenters. The van der Waals surface area contributed by atoms with Crippen molar-refractivity contribution in [1.82, 2.24) is 0 Å². The Morgan fingerprint density at radius 2 is 1.72 bits per heavy atom. The molecule has 0 spiro atoms. The Morgan fingerprint density at radius 3 is 2.39 bits per heavy atom. The highest BCUT2D eigenvalue weighted by Gasteiger charge is 2.01. The van der Waals surface area contributed by atoms with E-state index >= 15 is 0 Å². The third kappa shape index (κ3) is 3.05. The fourth-order valence-electron chi connectivity index (χ4n) is 1.87. The van der Waals surface area contributed by atoms with Crippen LogP contribution in [0.3, 0.4) is 0 Å². The molecule has 18 heavy (non-hydrogen) atoms. The maximum absolute atomic E-state index is 6.19. The lowest BCUT2D eigenvalue weighted by atomic mass is 10.1. The van der Waals surface area contributed by atoms with E-state index in [0.717, 1.165) is 17.3 Å². The molecule has 0 saturated carbocycles. The van der Waals surface area contributed by atoms with Gasteiger partial charge in [0, 0.05) is 6.54 Å². The summed E-state index contributed by atoms with van der Waals surface area (Å²) in [5.41, 5.74) is 6.09.